The molecule has 0 bridgehead atoms. The summed E-state index contributed by atoms with van der Waals surface area (Å²) in [5, 5.41) is 3.42. The zero-order chi connectivity index (χ0) is 14.0. The summed E-state index contributed by atoms with van der Waals surface area (Å²) < 4.78 is 0. The van der Waals surface area contributed by atoms with Crippen LogP contribution in [0.25, 0.3) is 0 Å². The molecule has 2 rings (SSSR count). The summed E-state index contributed by atoms with van der Waals surface area (Å²) in [6.07, 6.45) is 0. The maximum atomic E-state index is 3.42. The van der Waals surface area contributed by atoms with E-state index in [2.05, 4.69) is 69.4 Å². The van der Waals surface area contributed by atoms with Gasteiger partial charge in [-0.3, -0.25) is 0 Å². The molecular formula is C17H23NS. The molecule has 1 heterocycles. The zero-order valence-corrected chi connectivity index (χ0v) is 13.3. The maximum absolute atomic E-state index is 3.42. The lowest BCUT2D eigenvalue weighted by Gasteiger charge is -2.21. The summed E-state index contributed by atoms with van der Waals surface area (Å²) in [4.78, 5) is 2.74. The van der Waals surface area contributed by atoms with Crippen molar-refractivity contribution in [2.24, 2.45) is 0 Å². The second-order valence-electron chi connectivity index (χ2n) is 6.04. The van der Waals surface area contributed by atoms with Crippen LogP contribution in [0.5, 0.6) is 0 Å². The van der Waals surface area contributed by atoms with Crippen molar-refractivity contribution in [2.45, 2.75) is 39.2 Å². The van der Waals surface area contributed by atoms with Gasteiger partial charge >= 0.3 is 0 Å². The van der Waals surface area contributed by atoms with Gasteiger partial charge in [-0.05, 0) is 42.6 Å². The van der Waals surface area contributed by atoms with Crippen LogP contribution >= 0.6 is 11.3 Å². The Morgan fingerprint density at radius 1 is 1.00 bits per heavy atom. The van der Waals surface area contributed by atoms with Crippen molar-refractivity contribution in [3.05, 3.63) is 57.3 Å². The van der Waals surface area contributed by atoms with Gasteiger partial charge in [-0.1, -0.05) is 45.0 Å². The van der Waals surface area contributed by atoms with Gasteiger partial charge in [0.2, 0.25) is 0 Å². The van der Waals surface area contributed by atoms with Crippen molar-refractivity contribution < 1.29 is 0 Å². The van der Waals surface area contributed by atoms with Crippen LogP contribution in [0, 0.1) is 6.92 Å². The minimum atomic E-state index is 0.215. The van der Waals surface area contributed by atoms with Gasteiger partial charge in [-0.25, -0.2) is 0 Å². The van der Waals surface area contributed by atoms with Crippen molar-refractivity contribution >= 4 is 11.3 Å². The van der Waals surface area contributed by atoms with E-state index in [0.29, 0.717) is 6.04 Å². The third kappa shape index (κ3) is 3.26. The summed E-state index contributed by atoms with van der Waals surface area (Å²) in [5.74, 6) is 0. The minimum absolute atomic E-state index is 0.215. The Morgan fingerprint density at radius 3 is 2.05 bits per heavy atom. The Morgan fingerprint density at radius 2 is 1.63 bits per heavy atom. The average molecular weight is 273 g/mol. The van der Waals surface area contributed by atoms with Gasteiger partial charge in [-0.15, -0.1) is 11.3 Å². The maximum Gasteiger partial charge on any atom is 0.0668 e. The molecule has 2 heteroatoms. The average Bonchev–Trinajstić information content (AvgIpc) is 2.76. The minimum Gasteiger partial charge on any atom is -0.309 e. The van der Waals surface area contributed by atoms with Crippen LogP contribution in [0.4, 0.5) is 0 Å². The van der Waals surface area contributed by atoms with Crippen LogP contribution in [0.3, 0.4) is 0 Å². The first kappa shape index (κ1) is 14.3. The van der Waals surface area contributed by atoms with Crippen LogP contribution in [0.2, 0.25) is 0 Å². The van der Waals surface area contributed by atoms with E-state index in [-0.39, 0.29) is 5.41 Å². The van der Waals surface area contributed by atoms with E-state index in [1.54, 1.807) is 0 Å². The fourth-order valence-electron chi connectivity index (χ4n) is 2.26. The summed E-state index contributed by atoms with van der Waals surface area (Å²) in [5.41, 5.74) is 2.93. The molecule has 0 aliphatic rings. The molecule has 1 aromatic carbocycles. The fraction of sp³-hybridized carbons (Fsp3) is 0.412. The van der Waals surface area contributed by atoms with Gasteiger partial charge in [0.05, 0.1) is 6.04 Å². The quantitative estimate of drug-likeness (QED) is 0.857. The SMILES string of the molecule is CNC(c1ccc(C(C)(C)C)cc1)c1ccc(C)s1. The molecule has 1 unspecified atom stereocenters. The molecule has 0 amide bonds. The lowest BCUT2D eigenvalue weighted by atomic mass is 9.86. The highest BCUT2D eigenvalue weighted by atomic mass is 32.1. The lowest BCUT2D eigenvalue weighted by Crippen LogP contribution is -2.17. The van der Waals surface area contributed by atoms with Crippen LogP contribution in [0.15, 0.2) is 36.4 Å². The molecule has 0 aliphatic heterocycles. The number of hydrogen-bond acceptors (Lipinski definition) is 2. The van der Waals surface area contributed by atoms with Crippen LogP contribution in [-0.4, -0.2) is 7.05 Å². The fourth-order valence-corrected chi connectivity index (χ4v) is 3.27. The molecule has 0 fully saturated rings. The molecule has 1 nitrogen and oxygen atoms in total. The van der Waals surface area contributed by atoms with E-state index in [9.17, 15) is 0 Å². The number of thiophene rings is 1. The first-order valence-corrected chi connectivity index (χ1v) is 7.57. The predicted molar refractivity (Wildman–Crippen MR) is 85.1 cm³/mol. The lowest BCUT2D eigenvalue weighted by molar-refractivity contribution is 0.589. The first-order valence-electron chi connectivity index (χ1n) is 6.76. The molecule has 0 radical (unpaired) electrons. The van der Waals surface area contributed by atoms with E-state index in [1.807, 2.05) is 18.4 Å². The van der Waals surface area contributed by atoms with E-state index >= 15 is 0 Å². The molecule has 1 atom stereocenters. The summed E-state index contributed by atoms with van der Waals surface area (Å²) in [6.45, 7) is 8.91. The smallest absolute Gasteiger partial charge is 0.0668 e. The molecule has 1 N–H and O–H groups in total. The molecule has 102 valence electrons. The Kier molecular flexibility index (Phi) is 4.12. The molecule has 0 saturated heterocycles. The highest BCUT2D eigenvalue weighted by Crippen LogP contribution is 2.30. The second-order valence-corrected chi connectivity index (χ2v) is 7.36. The van der Waals surface area contributed by atoms with E-state index in [1.165, 1.54) is 20.9 Å². The normalized spacial score (nSPS) is 13.5. The monoisotopic (exact) mass is 273 g/mol. The van der Waals surface area contributed by atoms with Gasteiger partial charge in [0, 0.05) is 9.75 Å². The molecule has 0 aliphatic carbocycles. The third-order valence-corrected chi connectivity index (χ3v) is 4.51. The highest BCUT2D eigenvalue weighted by Gasteiger charge is 2.16. The van der Waals surface area contributed by atoms with E-state index in [4.69, 9.17) is 0 Å². The van der Waals surface area contributed by atoms with Gasteiger partial charge in [0.15, 0.2) is 0 Å². The second kappa shape index (κ2) is 5.48. The number of aryl methyl sites for hydroxylation is 1. The number of benzene rings is 1. The zero-order valence-electron chi connectivity index (χ0n) is 12.4. The topological polar surface area (TPSA) is 12.0 Å². The molecule has 0 spiro atoms. The van der Waals surface area contributed by atoms with Crippen LogP contribution in [0.1, 0.15) is 47.7 Å². The summed E-state index contributed by atoms with van der Waals surface area (Å²) >= 11 is 1.86. The Bertz CT molecular complexity index is 531. The van der Waals surface area contributed by atoms with Crippen LogP contribution in [-0.2, 0) is 5.41 Å². The van der Waals surface area contributed by atoms with Gasteiger partial charge in [-0.2, -0.15) is 0 Å². The van der Waals surface area contributed by atoms with Crippen molar-refractivity contribution in [1.82, 2.24) is 5.32 Å². The van der Waals surface area contributed by atoms with Crippen molar-refractivity contribution in [3.8, 4) is 0 Å². The Balaban J connectivity index is 2.30. The Hall–Kier alpha value is -1.12. The largest absolute Gasteiger partial charge is 0.309 e. The van der Waals surface area contributed by atoms with Crippen molar-refractivity contribution in [3.63, 3.8) is 0 Å². The summed E-state index contributed by atoms with van der Waals surface area (Å²) in [7, 11) is 2.03. The summed E-state index contributed by atoms with van der Waals surface area (Å²) in [6, 6.07) is 13.7. The standard InChI is InChI=1S/C17H23NS/c1-12-6-11-15(19-12)16(18-5)13-7-9-14(10-8-13)17(2,3)4/h6-11,16,18H,1-5H3. The van der Waals surface area contributed by atoms with Crippen molar-refractivity contribution in [2.75, 3.05) is 7.05 Å². The molecule has 2 aromatic rings. The van der Waals surface area contributed by atoms with Crippen LogP contribution < -0.4 is 5.32 Å². The van der Waals surface area contributed by atoms with Gasteiger partial charge < -0.3 is 5.32 Å². The molecular weight excluding hydrogens is 250 g/mol. The first-order chi connectivity index (χ1) is 8.91. The third-order valence-electron chi connectivity index (χ3n) is 3.44. The molecule has 1 aromatic heterocycles. The molecule has 19 heavy (non-hydrogen) atoms. The van der Waals surface area contributed by atoms with Gasteiger partial charge in [0.25, 0.3) is 0 Å². The number of rotatable bonds is 3. The van der Waals surface area contributed by atoms with Gasteiger partial charge in [0.1, 0.15) is 0 Å². The highest BCUT2D eigenvalue weighted by molar-refractivity contribution is 7.12. The number of nitrogens with one attached hydrogen (secondary N) is 1. The van der Waals surface area contributed by atoms with E-state index < -0.39 is 0 Å². The van der Waals surface area contributed by atoms with Crippen molar-refractivity contribution in [1.29, 1.82) is 0 Å². The predicted octanol–water partition coefficient (Wildman–Crippen LogP) is 4.66. The Labute approximate surface area is 120 Å². The van der Waals surface area contributed by atoms with E-state index in [0.717, 1.165) is 0 Å². The molecule has 0 saturated carbocycles. The number of hydrogen-bond donors (Lipinski definition) is 1.